The van der Waals surface area contributed by atoms with E-state index in [9.17, 15) is 4.79 Å². The van der Waals surface area contributed by atoms with Crippen molar-refractivity contribution >= 4 is 22.2 Å². The molecule has 1 fully saturated rings. The van der Waals surface area contributed by atoms with E-state index in [1.807, 2.05) is 0 Å². The Hall–Kier alpha value is -1.10. The number of nitrogens with zero attached hydrogens (tertiary/aromatic N) is 2. The van der Waals surface area contributed by atoms with Gasteiger partial charge in [-0.3, -0.25) is 4.79 Å². The molecule has 1 aromatic heterocycles. The van der Waals surface area contributed by atoms with Crippen LogP contribution >= 0.6 is 11.3 Å². The molecule has 14 heavy (non-hydrogen) atoms. The maximum atomic E-state index is 10.8. The van der Waals surface area contributed by atoms with Crippen molar-refractivity contribution in [3.63, 3.8) is 0 Å². The van der Waals surface area contributed by atoms with Crippen LogP contribution in [0.4, 0.5) is 5.00 Å². The summed E-state index contributed by atoms with van der Waals surface area (Å²) in [6.45, 7) is 2.14. The molecule has 5 heteroatoms. The highest BCUT2D eigenvalue weighted by molar-refractivity contribution is 7.17. The molecule has 0 spiro atoms. The van der Waals surface area contributed by atoms with Gasteiger partial charge < -0.3 is 10.6 Å². The lowest BCUT2D eigenvalue weighted by atomic mass is 10.1. The lowest BCUT2D eigenvalue weighted by Gasteiger charge is -2.26. The van der Waals surface area contributed by atoms with Gasteiger partial charge in [0.1, 0.15) is 5.00 Å². The van der Waals surface area contributed by atoms with Gasteiger partial charge >= 0.3 is 0 Å². The number of primary amides is 1. The largest absolute Gasteiger partial charge is 0.364 e. The summed E-state index contributed by atoms with van der Waals surface area (Å²) >= 11 is 1.39. The van der Waals surface area contributed by atoms with Crippen LogP contribution in [-0.2, 0) is 0 Å². The van der Waals surface area contributed by atoms with Crippen molar-refractivity contribution in [1.82, 2.24) is 4.98 Å². The van der Waals surface area contributed by atoms with Gasteiger partial charge in [0.25, 0.3) is 5.91 Å². The van der Waals surface area contributed by atoms with Crippen molar-refractivity contribution in [1.29, 1.82) is 0 Å². The second-order valence-corrected chi connectivity index (χ2v) is 4.42. The Morgan fingerprint density at radius 1 is 1.43 bits per heavy atom. The second-order valence-electron chi connectivity index (χ2n) is 3.42. The molecule has 76 valence electrons. The number of aromatic nitrogens is 1. The highest BCUT2D eigenvalue weighted by Crippen LogP contribution is 2.25. The van der Waals surface area contributed by atoms with Crippen LogP contribution in [-0.4, -0.2) is 24.0 Å². The molecular formula is C9H13N3OS. The first-order valence-corrected chi connectivity index (χ1v) is 5.59. The van der Waals surface area contributed by atoms with Gasteiger partial charge in [0.2, 0.25) is 0 Å². The van der Waals surface area contributed by atoms with E-state index in [1.54, 1.807) is 6.20 Å². The fraction of sp³-hybridized carbons (Fsp3) is 0.556. The summed E-state index contributed by atoms with van der Waals surface area (Å²) in [5.41, 5.74) is 5.15. The molecule has 0 unspecified atom stereocenters. The van der Waals surface area contributed by atoms with Crippen LogP contribution in [0.2, 0.25) is 0 Å². The molecule has 4 nitrogen and oxygen atoms in total. The van der Waals surface area contributed by atoms with Gasteiger partial charge in [-0.05, 0) is 19.3 Å². The standard InChI is InChI=1S/C9H13N3OS/c10-8(13)9-11-6-7(14-9)12-4-2-1-3-5-12/h6H,1-5H2,(H2,10,13). The van der Waals surface area contributed by atoms with Crippen molar-refractivity contribution in [3.8, 4) is 0 Å². The highest BCUT2D eigenvalue weighted by atomic mass is 32.1. The van der Waals surface area contributed by atoms with Gasteiger partial charge in [0.15, 0.2) is 5.01 Å². The van der Waals surface area contributed by atoms with Crippen molar-refractivity contribution in [2.75, 3.05) is 18.0 Å². The molecule has 1 aliphatic heterocycles. The minimum atomic E-state index is -0.432. The summed E-state index contributed by atoms with van der Waals surface area (Å²) in [6.07, 6.45) is 5.50. The Bertz CT molecular complexity index is 331. The number of thiazole rings is 1. The normalized spacial score (nSPS) is 17.0. The average Bonchev–Trinajstić information content (AvgIpc) is 2.68. The molecule has 2 heterocycles. The van der Waals surface area contributed by atoms with Gasteiger partial charge in [-0.2, -0.15) is 0 Å². The molecule has 1 amide bonds. The van der Waals surface area contributed by atoms with E-state index >= 15 is 0 Å². The number of piperidine rings is 1. The minimum absolute atomic E-state index is 0.408. The molecule has 2 rings (SSSR count). The number of rotatable bonds is 2. The summed E-state index contributed by atoms with van der Waals surface area (Å²) in [6, 6.07) is 0. The maximum absolute atomic E-state index is 10.8. The van der Waals surface area contributed by atoms with Gasteiger partial charge in [-0.15, -0.1) is 0 Å². The Morgan fingerprint density at radius 3 is 2.71 bits per heavy atom. The van der Waals surface area contributed by atoms with Gasteiger partial charge in [0.05, 0.1) is 6.20 Å². The summed E-state index contributed by atoms with van der Waals surface area (Å²) in [7, 11) is 0. The maximum Gasteiger partial charge on any atom is 0.277 e. The molecule has 1 aromatic rings. The smallest absolute Gasteiger partial charge is 0.277 e. The van der Waals surface area contributed by atoms with Gasteiger partial charge in [0, 0.05) is 13.1 Å². The van der Waals surface area contributed by atoms with E-state index in [2.05, 4.69) is 9.88 Å². The zero-order valence-corrected chi connectivity index (χ0v) is 8.72. The molecule has 1 saturated heterocycles. The molecular weight excluding hydrogens is 198 g/mol. The Labute approximate surface area is 86.7 Å². The quantitative estimate of drug-likeness (QED) is 0.800. The summed E-state index contributed by atoms with van der Waals surface area (Å²) in [5, 5.41) is 1.48. The Balaban J connectivity index is 2.11. The number of hydrogen-bond donors (Lipinski definition) is 1. The monoisotopic (exact) mass is 211 g/mol. The fourth-order valence-electron chi connectivity index (χ4n) is 1.64. The Kier molecular flexibility index (Phi) is 2.67. The third-order valence-electron chi connectivity index (χ3n) is 2.37. The van der Waals surface area contributed by atoms with E-state index in [0.29, 0.717) is 5.01 Å². The van der Waals surface area contributed by atoms with E-state index in [1.165, 1.54) is 30.6 Å². The lowest BCUT2D eigenvalue weighted by molar-refractivity contribution is 0.1000. The van der Waals surface area contributed by atoms with Crippen LogP contribution in [0, 0.1) is 0 Å². The third-order valence-corrected chi connectivity index (χ3v) is 3.44. The molecule has 0 bridgehead atoms. The second kappa shape index (κ2) is 3.96. The van der Waals surface area contributed by atoms with Crippen molar-refractivity contribution in [3.05, 3.63) is 11.2 Å². The SMILES string of the molecule is NC(=O)c1ncc(N2CCCCC2)s1. The first-order chi connectivity index (χ1) is 6.77. The highest BCUT2D eigenvalue weighted by Gasteiger charge is 2.15. The molecule has 0 atom stereocenters. The van der Waals surface area contributed by atoms with Crippen LogP contribution in [0.3, 0.4) is 0 Å². The average molecular weight is 211 g/mol. The molecule has 0 aliphatic carbocycles. The number of anilines is 1. The van der Waals surface area contributed by atoms with Gasteiger partial charge in [-0.25, -0.2) is 4.98 Å². The first-order valence-electron chi connectivity index (χ1n) is 4.78. The van der Waals surface area contributed by atoms with Crippen LogP contribution in [0.25, 0.3) is 0 Å². The minimum Gasteiger partial charge on any atom is -0.364 e. The van der Waals surface area contributed by atoms with Crippen molar-refractivity contribution in [2.24, 2.45) is 5.73 Å². The van der Waals surface area contributed by atoms with E-state index in [4.69, 9.17) is 5.73 Å². The topological polar surface area (TPSA) is 59.2 Å². The van der Waals surface area contributed by atoms with Gasteiger partial charge in [-0.1, -0.05) is 11.3 Å². The lowest BCUT2D eigenvalue weighted by Crippen LogP contribution is -2.28. The van der Waals surface area contributed by atoms with E-state index in [-0.39, 0.29) is 0 Å². The summed E-state index contributed by atoms with van der Waals surface area (Å²) in [4.78, 5) is 17.1. The van der Waals surface area contributed by atoms with Crippen LogP contribution < -0.4 is 10.6 Å². The third kappa shape index (κ3) is 1.87. The zero-order chi connectivity index (χ0) is 9.97. The van der Waals surface area contributed by atoms with Crippen LogP contribution in [0.5, 0.6) is 0 Å². The molecule has 0 saturated carbocycles. The van der Waals surface area contributed by atoms with E-state index in [0.717, 1.165) is 18.1 Å². The van der Waals surface area contributed by atoms with E-state index < -0.39 is 5.91 Å². The number of hydrogen-bond acceptors (Lipinski definition) is 4. The Morgan fingerprint density at radius 2 is 2.14 bits per heavy atom. The zero-order valence-electron chi connectivity index (χ0n) is 7.90. The number of nitrogens with two attached hydrogens (primary N) is 1. The molecule has 0 aromatic carbocycles. The number of carbonyl (C=O) groups is 1. The predicted octanol–water partition coefficient (Wildman–Crippen LogP) is 1.23. The van der Waals surface area contributed by atoms with Crippen molar-refractivity contribution < 1.29 is 4.79 Å². The summed E-state index contributed by atoms with van der Waals surface area (Å²) in [5.74, 6) is -0.432. The number of carbonyl (C=O) groups excluding carboxylic acids is 1. The summed E-state index contributed by atoms with van der Waals surface area (Å²) < 4.78 is 0. The molecule has 2 N–H and O–H groups in total. The van der Waals surface area contributed by atoms with Crippen LogP contribution in [0.15, 0.2) is 6.20 Å². The van der Waals surface area contributed by atoms with Crippen molar-refractivity contribution in [2.45, 2.75) is 19.3 Å². The first kappa shape index (κ1) is 9.45. The van der Waals surface area contributed by atoms with Crippen LogP contribution in [0.1, 0.15) is 29.1 Å². The predicted molar refractivity (Wildman–Crippen MR) is 56.7 cm³/mol. The molecule has 0 radical (unpaired) electrons. The fourth-order valence-corrected chi connectivity index (χ4v) is 2.46. The molecule has 1 aliphatic rings. The number of amides is 1.